The number of hydrogen-bond donors (Lipinski definition) is 0. The topological polar surface area (TPSA) is 69.4 Å². The molecule has 5 nitrogen and oxygen atoms in total. The largest absolute Gasteiger partial charge is 0.464 e. The van der Waals surface area contributed by atoms with Crippen LogP contribution in [-0.2, 0) is 9.53 Å². The van der Waals surface area contributed by atoms with Crippen molar-refractivity contribution < 1.29 is 14.5 Å². The minimum Gasteiger partial charge on any atom is -0.464 e. The molecular weight excluding hydrogens is 234 g/mol. The van der Waals surface area contributed by atoms with E-state index in [1.54, 1.807) is 24.3 Å². The summed E-state index contributed by atoms with van der Waals surface area (Å²) in [6, 6.07) is 7.67. The Morgan fingerprint density at radius 3 is 2.22 bits per heavy atom. The molecule has 2 atom stereocenters. The molecule has 5 heteroatoms. The Hall–Kier alpha value is -1.91. The molecule has 0 N–H and O–H groups in total. The van der Waals surface area contributed by atoms with Crippen LogP contribution in [0.4, 0.5) is 0 Å². The van der Waals surface area contributed by atoms with E-state index in [0.717, 1.165) is 5.56 Å². The predicted octanol–water partition coefficient (Wildman–Crippen LogP) is 2.24. The second kappa shape index (κ2) is 6.14. The molecule has 0 radical (unpaired) electrons. The molecule has 0 aliphatic carbocycles. The third-order valence-corrected chi connectivity index (χ3v) is 2.91. The molecule has 1 aromatic carbocycles. The van der Waals surface area contributed by atoms with Crippen LogP contribution in [0.15, 0.2) is 30.3 Å². The van der Waals surface area contributed by atoms with Crippen LogP contribution in [0.1, 0.15) is 25.3 Å². The van der Waals surface area contributed by atoms with Gasteiger partial charge in [-0.3, -0.25) is 10.1 Å². The highest BCUT2D eigenvalue weighted by molar-refractivity contribution is 5.75. The van der Waals surface area contributed by atoms with Gasteiger partial charge in [-0.1, -0.05) is 44.2 Å². The molecule has 0 bridgehead atoms. The molecule has 0 fully saturated rings. The SMILES string of the molecule is COC(=O)[C@H]([C@H](c1ccccc1)C(C)C)[N+](=O)[O-]. The second-order valence-electron chi connectivity index (χ2n) is 4.43. The number of ether oxygens (including phenoxy) is 1. The fourth-order valence-electron chi connectivity index (χ4n) is 2.09. The van der Waals surface area contributed by atoms with Crippen molar-refractivity contribution in [2.24, 2.45) is 5.92 Å². The van der Waals surface area contributed by atoms with E-state index in [-0.39, 0.29) is 5.92 Å². The van der Waals surface area contributed by atoms with Gasteiger partial charge in [0.05, 0.1) is 13.0 Å². The van der Waals surface area contributed by atoms with Gasteiger partial charge in [-0.05, 0) is 11.5 Å². The van der Waals surface area contributed by atoms with Gasteiger partial charge in [-0.25, -0.2) is 4.79 Å². The predicted molar refractivity (Wildman–Crippen MR) is 66.8 cm³/mol. The lowest BCUT2D eigenvalue weighted by molar-refractivity contribution is -0.515. The summed E-state index contributed by atoms with van der Waals surface area (Å²) in [5, 5.41) is 11.1. The molecule has 1 aromatic rings. The van der Waals surface area contributed by atoms with Crippen molar-refractivity contribution in [3.63, 3.8) is 0 Å². The minimum absolute atomic E-state index is 0.0399. The van der Waals surface area contributed by atoms with Crippen molar-refractivity contribution >= 4 is 5.97 Å². The normalized spacial score (nSPS) is 14.0. The maximum atomic E-state index is 11.6. The van der Waals surface area contributed by atoms with E-state index in [4.69, 9.17) is 0 Å². The highest BCUT2D eigenvalue weighted by atomic mass is 16.6. The second-order valence-corrected chi connectivity index (χ2v) is 4.43. The zero-order valence-electron chi connectivity index (χ0n) is 10.7. The molecule has 0 saturated heterocycles. The van der Waals surface area contributed by atoms with E-state index in [0.29, 0.717) is 0 Å². The van der Waals surface area contributed by atoms with Gasteiger partial charge in [0.25, 0.3) is 0 Å². The summed E-state index contributed by atoms with van der Waals surface area (Å²) in [6.45, 7) is 3.72. The lowest BCUT2D eigenvalue weighted by Crippen LogP contribution is -2.38. The molecule has 0 aromatic heterocycles. The number of benzene rings is 1. The van der Waals surface area contributed by atoms with Crippen molar-refractivity contribution in [3.8, 4) is 0 Å². The van der Waals surface area contributed by atoms with E-state index in [1.807, 2.05) is 19.9 Å². The van der Waals surface area contributed by atoms with Crippen molar-refractivity contribution in [2.75, 3.05) is 7.11 Å². The number of rotatable bonds is 5. The van der Waals surface area contributed by atoms with Crippen molar-refractivity contribution in [3.05, 3.63) is 46.0 Å². The van der Waals surface area contributed by atoms with Crippen LogP contribution in [0.3, 0.4) is 0 Å². The van der Waals surface area contributed by atoms with Crippen LogP contribution in [0, 0.1) is 16.0 Å². The molecule has 0 amide bonds. The number of esters is 1. The van der Waals surface area contributed by atoms with Gasteiger partial charge < -0.3 is 4.74 Å². The Morgan fingerprint density at radius 2 is 1.83 bits per heavy atom. The summed E-state index contributed by atoms with van der Waals surface area (Å²) in [7, 11) is 1.17. The molecule has 0 saturated carbocycles. The van der Waals surface area contributed by atoms with Gasteiger partial charge in [0.1, 0.15) is 0 Å². The highest BCUT2D eigenvalue weighted by Crippen LogP contribution is 2.30. The van der Waals surface area contributed by atoms with Crippen LogP contribution in [0.5, 0.6) is 0 Å². The minimum atomic E-state index is -1.36. The van der Waals surface area contributed by atoms with Crippen LogP contribution in [-0.4, -0.2) is 24.0 Å². The lowest BCUT2D eigenvalue weighted by Gasteiger charge is -2.22. The number of carbonyl (C=O) groups is 1. The summed E-state index contributed by atoms with van der Waals surface area (Å²) in [4.78, 5) is 22.2. The van der Waals surface area contributed by atoms with E-state index in [9.17, 15) is 14.9 Å². The van der Waals surface area contributed by atoms with Crippen LogP contribution in [0.2, 0.25) is 0 Å². The first kappa shape index (κ1) is 14.2. The number of nitrogens with zero attached hydrogens (tertiary/aromatic N) is 1. The molecular formula is C13H17NO4. The maximum absolute atomic E-state index is 11.6. The quantitative estimate of drug-likeness (QED) is 0.457. The standard InChI is InChI=1S/C13H17NO4/c1-9(2)11(10-7-5-4-6-8-10)12(14(16)17)13(15)18-3/h4-9,11-12H,1-3H3/t11-,12-/m0/s1. The monoisotopic (exact) mass is 251 g/mol. The van der Waals surface area contributed by atoms with Gasteiger partial charge in [-0.2, -0.15) is 0 Å². The highest BCUT2D eigenvalue weighted by Gasteiger charge is 2.42. The molecule has 0 unspecified atom stereocenters. The Labute approximate surface area is 106 Å². The molecule has 98 valence electrons. The van der Waals surface area contributed by atoms with Gasteiger partial charge >= 0.3 is 12.0 Å². The van der Waals surface area contributed by atoms with Crippen molar-refractivity contribution in [1.29, 1.82) is 0 Å². The van der Waals surface area contributed by atoms with E-state index < -0.39 is 22.9 Å². The maximum Gasteiger partial charge on any atom is 0.382 e. The number of hydrogen-bond acceptors (Lipinski definition) is 4. The van der Waals surface area contributed by atoms with Crippen LogP contribution < -0.4 is 0 Å². The zero-order valence-corrected chi connectivity index (χ0v) is 10.7. The van der Waals surface area contributed by atoms with Gasteiger partial charge in [-0.15, -0.1) is 0 Å². The smallest absolute Gasteiger partial charge is 0.382 e. The fraction of sp³-hybridized carbons (Fsp3) is 0.462. The first-order valence-electron chi connectivity index (χ1n) is 5.75. The van der Waals surface area contributed by atoms with E-state index in [2.05, 4.69) is 4.74 Å². The van der Waals surface area contributed by atoms with E-state index >= 15 is 0 Å². The Balaban J connectivity index is 3.18. The molecule has 0 aliphatic heterocycles. The summed E-state index contributed by atoms with van der Waals surface area (Å²) >= 11 is 0. The first-order valence-corrected chi connectivity index (χ1v) is 5.75. The lowest BCUT2D eigenvalue weighted by atomic mass is 9.82. The molecule has 0 aliphatic rings. The Bertz CT molecular complexity index is 416. The van der Waals surface area contributed by atoms with Crippen molar-refractivity contribution in [1.82, 2.24) is 0 Å². The summed E-state index contributed by atoms with van der Waals surface area (Å²) in [5.74, 6) is -1.34. The summed E-state index contributed by atoms with van der Waals surface area (Å²) < 4.78 is 4.55. The number of nitro groups is 1. The summed E-state index contributed by atoms with van der Waals surface area (Å²) in [6.07, 6.45) is 0. The van der Waals surface area contributed by atoms with Gasteiger partial charge in [0, 0.05) is 4.92 Å². The zero-order chi connectivity index (χ0) is 13.7. The van der Waals surface area contributed by atoms with Crippen LogP contribution in [0.25, 0.3) is 0 Å². The fourth-order valence-corrected chi connectivity index (χ4v) is 2.09. The van der Waals surface area contributed by atoms with Gasteiger partial charge in [0.15, 0.2) is 0 Å². The van der Waals surface area contributed by atoms with E-state index in [1.165, 1.54) is 7.11 Å². The number of carbonyl (C=O) groups excluding carboxylic acids is 1. The van der Waals surface area contributed by atoms with Crippen LogP contribution >= 0.6 is 0 Å². The average Bonchev–Trinajstić information content (AvgIpc) is 2.35. The third kappa shape index (κ3) is 3.06. The summed E-state index contributed by atoms with van der Waals surface area (Å²) in [5.41, 5.74) is 0.777. The first-order chi connectivity index (χ1) is 8.49. The van der Waals surface area contributed by atoms with Gasteiger partial charge in [0.2, 0.25) is 0 Å². The average molecular weight is 251 g/mol. The molecule has 1 rings (SSSR count). The number of methoxy groups -OCH3 is 1. The Kier molecular flexibility index (Phi) is 4.83. The third-order valence-electron chi connectivity index (χ3n) is 2.91. The molecule has 0 spiro atoms. The van der Waals surface area contributed by atoms with Crippen molar-refractivity contribution in [2.45, 2.75) is 25.8 Å². The molecule has 18 heavy (non-hydrogen) atoms. The Morgan fingerprint density at radius 1 is 1.28 bits per heavy atom. The molecule has 0 heterocycles.